The van der Waals surface area contributed by atoms with Crippen molar-refractivity contribution < 1.29 is 13.9 Å². The maximum atomic E-state index is 14.5. The van der Waals surface area contributed by atoms with Crippen LogP contribution in [0.1, 0.15) is 30.5 Å². The molecule has 0 aliphatic heterocycles. The second kappa shape index (κ2) is 9.90. The normalized spacial score (nSPS) is 11.1. The van der Waals surface area contributed by atoms with Crippen molar-refractivity contribution in [2.24, 2.45) is 0 Å². The van der Waals surface area contributed by atoms with Crippen LogP contribution in [0.3, 0.4) is 0 Å². The van der Waals surface area contributed by atoms with Crippen LogP contribution in [-0.2, 0) is 6.54 Å². The predicted octanol–water partition coefficient (Wildman–Crippen LogP) is 7.61. The molecule has 0 unspecified atom stereocenters. The summed E-state index contributed by atoms with van der Waals surface area (Å²) in [7, 11) is 0. The molecule has 0 radical (unpaired) electrons. The lowest BCUT2D eigenvalue weighted by Gasteiger charge is -2.20. The minimum absolute atomic E-state index is 0.292. The quantitative estimate of drug-likeness (QED) is 0.286. The first-order valence-corrected chi connectivity index (χ1v) is 11.8. The number of ether oxygens (including phenoxy) is 1. The van der Waals surface area contributed by atoms with Gasteiger partial charge in [-0.15, -0.1) is 0 Å². The number of aromatic nitrogens is 1. The minimum Gasteiger partial charge on any atom is -0.410 e. The van der Waals surface area contributed by atoms with Gasteiger partial charge in [0, 0.05) is 46.3 Å². The third kappa shape index (κ3) is 4.66. The highest BCUT2D eigenvalue weighted by Crippen LogP contribution is 2.39. The lowest BCUT2D eigenvalue weighted by molar-refractivity contribution is 0.157. The Labute approximate surface area is 204 Å². The molecular formula is C28H28ClFN2O2. The molecule has 0 spiro atoms. The highest BCUT2D eigenvalue weighted by Gasteiger charge is 2.20. The fraction of sp³-hybridized carbons (Fsp3) is 0.250. The van der Waals surface area contributed by atoms with Crippen molar-refractivity contribution in [3.05, 3.63) is 88.3 Å². The molecule has 4 aromatic rings. The first-order valence-electron chi connectivity index (χ1n) is 11.4. The molecule has 6 heteroatoms. The van der Waals surface area contributed by atoms with E-state index in [9.17, 15) is 9.18 Å². The number of fused-ring (bicyclic) bond motifs is 1. The Hall–Kier alpha value is -3.31. The smallest absolute Gasteiger partial charge is 0.410 e. The largest absolute Gasteiger partial charge is 0.415 e. The lowest BCUT2D eigenvalue weighted by atomic mass is 9.97. The number of rotatable bonds is 6. The van der Waals surface area contributed by atoms with Gasteiger partial charge in [0.05, 0.1) is 6.54 Å². The zero-order valence-corrected chi connectivity index (χ0v) is 20.6. The number of nitrogens with zero attached hydrogens (tertiary/aromatic N) is 2. The topological polar surface area (TPSA) is 34.5 Å². The van der Waals surface area contributed by atoms with Gasteiger partial charge in [-0.1, -0.05) is 47.0 Å². The third-order valence-electron chi connectivity index (χ3n) is 6.03. The molecule has 1 amide bonds. The molecule has 1 aromatic heterocycles. The van der Waals surface area contributed by atoms with Crippen LogP contribution in [0.2, 0.25) is 5.02 Å². The maximum absolute atomic E-state index is 14.5. The number of amides is 1. The van der Waals surface area contributed by atoms with Crippen LogP contribution in [0, 0.1) is 19.7 Å². The van der Waals surface area contributed by atoms with E-state index in [2.05, 4.69) is 18.2 Å². The molecule has 4 nitrogen and oxygen atoms in total. The summed E-state index contributed by atoms with van der Waals surface area (Å²) in [5.74, 6) is 0.157. The number of carbonyl (C=O) groups is 1. The van der Waals surface area contributed by atoms with Crippen LogP contribution < -0.4 is 4.74 Å². The minimum atomic E-state index is -0.382. The van der Waals surface area contributed by atoms with Gasteiger partial charge in [-0.3, -0.25) is 0 Å². The van der Waals surface area contributed by atoms with E-state index in [1.165, 1.54) is 6.07 Å². The summed E-state index contributed by atoms with van der Waals surface area (Å²) >= 11 is 6.28. The Balaban J connectivity index is 1.87. The van der Waals surface area contributed by atoms with Gasteiger partial charge in [-0.25, -0.2) is 9.18 Å². The Morgan fingerprint density at radius 3 is 2.38 bits per heavy atom. The molecule has 0 N–H and O–H groups in total. The van der Waals surface area contributed by atoms with Gasteiger partial charge >= 0.3 is 6.09 Å². The fourth-order valence-electron chi connectivity index (χ4n) is 4.39. The first-order chi connectivity index (χ1) is 16.3. The molecule has 34 heavy (non-hydrogen) atoms. The van der Waals surface area contributed by atoms with Gasteiger partial charge in [0.1, 0.15) is 11.6 Å². The molecule has 0 aliphatic rings. The average molecular weight is 479 g/mol. The van der Waals surface area contributed by atoms with E-state index >= 15 is 0 Å². The van der Waals surface area contributed by atoms with Crippen LogP contribution in [0.5, 0.6) is 5.75 Å². The molecule has 0 saturated heterocycles. The molecule has 3 aromatic carbocycles. The van der Waals surface area contributed by atoms with Gasteiger partial charge in [0.15, 0.2) is 0 Å². The number of hydrogen-bond acceptors (Lipinski definition) is 2. The van der Waals surface area contributed by atoms with Crippen molar-refractivity contribution in [1.82, 2.24) is 9.47 Å². The molecule has 0 fully saturated rings. The zero-order chi connectivity index (χ0) is 24.4. The van der Waals surface area contributed by atoms with E-state index in [0.717, 1.165) is 33.2 Å². The van der Waals surface area contributed by atoms with E-state index in [1.807, 2.05) is 56.7 Å². The van der Waals surface area contributed by atoms with E-state index in [0.29, 0.717) is 36.0 Å². The molecule has 1 heterocycles. The molecule has 0 saturated carbocycles. The molecule has 0 atom stereocenters. The third-order valence-corrected chi connectivity index (χ3v) is 6.39. The molecule has 4 rings (SSSR count). The van der Waals surface area contributed by atoms with Crippen molar-refractivity contribution in [1.29, 1.82) is 0 Å². The number of hydrogen-bond donors (Lipinski definition) is 0. The van der Waals surface area contributed by atoms with Crippen molar-refractivity contribution in [3.63, 3.8) is 0 Å². The summed E-state index contributed by atoms with van der Waals surface area (Å²) in [6, 6.07) is 16.7. The van der Waals surface area contributed by atoms with E-state index < -0.39 is 0 Å². The number of aryl methyl sites for hydroxylation is 2. The zero-order valence-electron chi connectivity index (χ0n) is 19.9. The Bertz CT molecular complexity index is 1320. The van der Waals surface area contributed by atoms with E-state index in [1.54, 1.807) is 17.0 Å². The van der Waals surface area contributed by atoms with Crippen LogP contribution in [0.4, 0.5) is 9.18 Å². The maximum Gasteiger partial charge on any atom is 0.415 e. The standard InChI is InChI=1S/C28H28ClFN2O2/c1-5-31(6-2)28(33)34-26-11-10-25-21(27(26)20-15-18(3)14-19(4)16-20)12-13-32(25)17-22-23(29)8-7-9-24(22)30/h7-16H,5-6,17H2,1-4H3. The van der Waals surface area contributed by atoms with Crippen molar-refractivity contribution in [3.8, 4) is 16.9 Å². The summed E-state index contributed by atoms with van der Waals surface area (Å²) in [4.78, 5) is 14.4. The van der Waals surface area contributed by atoms with Crippen LogP contribution in [0.25, 0.3) is 22.0 Å². The Morgan fingerprint density at radius 1 is 1.03 bits per heavy atom. The average Bonchev–Trinajstić information content (AvgIpc) is 3.19. The van der Waals surface area contributed by atoms with Crippen molar-refractivity contribution >= 4 is 28.6 Å². The molecule has 176 valence electrons. The first kappa shape index (κ1) is 23.8. The Kier molecular flexibility index (Phi) is 6.94. The summed E-state index contributed by atoms with van der Waals surface area (Å²) in [6.45, 7) is 9.36. The number of benzene rings is 3. The molecular weight excluding hydrogens is 451 g/mol. The van der Waals surface area contributed by atoms with Gasteiger partial charge in [0.25, 0.3) is 0 Å². The van der Waals surface area contributed by atoms with Crippen molar-refractivity contribution in [2.75, 3.05) is 13.1 Å². The summed E-state index contributed by atoms with van der Waals surface area (Å²) < 4.78 is 22.3. The number of halogens is 2. The second-order valence-electron chi connectivity index (χ2n) is 8.43. The van der Waals surface area contributed by atoms with E-state index in [-0.39, 0.29) is 11.9 Å². The SMILES string of the molecule is CCN(CC)C(=O)Oc1ccc2c(ccn2Cc2c(F)cccc2Cl)c1-c1cc(C)cc(C)c1. The lowest BCUT2D eigenvalue weighted by Crippen LogP contribution is -2.33. The van der Waals surface area contributed by atoms with Crippen LogP contribution in [0.15, 0.2) is 60.8 Å². The molecule has 0 aliphatic carbocycles. The van der Waals surface area contributed by atoms with Crippen molar-refractivity contribution in [2.45, 2.75) is 34.2 Å². The summed E-state index contributed by atoms with van der Waals surface area (Å²) in [5.41, 5.74) is 5.37. The van der Waals surface area contributed by atoms with Crippen LogP contribution in [-0.4, -0.2) is 28.6 Å². The highest BCUT2D eigenvalue weighted by molar-refractivity contribution is 6.31. The predicted molar refractivity (Wildman–Crippen MR) is 136 cm³/mol. The number of carbonyl (C=O) groups excluding carboxylic acids is 1. The summed E-state index contributed by atoms with van der Waals surface area (Å²) in [6.07, 6.45) is 1.53. The van der Waals surface area contributed by atoms with Crippen LogP contribution >= 0.6 is 11.6 Å². The van der Waals surface area contributed by atoms with Gasteiger partial charge < -0.3 is 14.2 Å². The fourth-order valence-corrected chi connectivity index (χ4v) is 4.61. The molecule has 0 bridgehead atoms. The van der Waals surface area contributed by atoms with Gasteiger partial charge in [-0.2, -0.15) is 0 Å². The Morgan fingerprint density at radius 2 is 1.74 bits per heavy atom. The van der Waals surface area contributed by atoms with E-state index in [4.69, 9.17) is 16.3 Å². The highest BCUT2D eigenvalue weighted by atomic mass is 35.5. The second-order valence-corrected chi connectivity index (χ2v) is 8.84. The van der Waals surface area contributed by atoms with Gasteiger partial charge in [0.2, 0.25) is 0 Å². The van der Waals surface area contributed by atoms with Gasteiger partial charge in [-0.05, 0) is 63.6 Å². The monoisotopic (exact) mass is 478 g/mol. The summed E-state index contributed by atoms with van der Waals surface area (Å²) in [5, 5.41) is 1.31.